The van der Waals surface area contributed by atoms with E-state index in [1.807, 2.05) is 30.0 Å². The molecular formula is C42H49ClN4O3S. The van der Waals surface area contributed by atoms with Crippen molar-refractivity contribution in [1.29, 1.82) is 0 Å². The van der Waals surface area contributed by atoms with E-state index in [4.69, 9.17) is 31.8 Å². The molecule has 1 aliphatic heterocycles. The molecule has 1 aromatic heterocycles. The Morgan fingerprint density at radius 2 is 1.86 bits per heavy atom. The summed E-state index contributed by atoms with van der Waals surface area (Å²) in [7, 11) is 3.39. The van der Waals surface area contributed by atoms with Gasteiger partial charge in [0.2, 0.25) is 5.91 Å². The number of nitrogens with two attached hydrogens (primary N) is 1. The highest BCUT2D eigenvalue weighted by Gasteiger charge is 2.34. The Bertz CT molecular complexity index is 1900. The number of aromatic nitrogens is 1. The van der Waals surface area contributed by atoms with E-state index in [1.54, 1.807) is 14.2 Å². The lowest BCUT2D eigenvalue weighted by Gasteiger charge is -2.38. The molecule has 0 spiro atoms. The molecule has 0 radical (unpaired) electrons. The number of thioether (sulfide) groups is 1. The summed E-state index contributed by atoms with van der Waals surface area (Å²) in [5.74, 6) is 4.47. The minimum Gasteiger partial charge on any atom is -0.493 e. The van der Waals surface area contributed by atoms with Crippen LogP contribution in [0.5, 0.6) is 11.5 Å². The number of pyridine rings is 1. The number of ether oxygens (including phenoxy) is 2. The Hall–Kier alpha value is -3.72. The van der Waals surface area contributed by atoms with Gasteiger partial charge in [0.05, 0.1) is 25.8 Å². The summed E-state index contributed by atoms with van der Waals surface area (Å²) < 4.78 is 11.3. The molecule has 3 N–H and O–H groups in total. The van der Waals surface area contributed by atoms with Gasteiger partial charge in [-0.1, -0.05) is 53.6 Å². The fourth-order valence-corrected chi connectivity index (χ4v) is 9.54. The standard InChI is InChI=1S/C42H49ClN4O3S/c1-49-37-24-30-13-16-47(42(29-9-4-3-5-10-29)34(30)26-38(37)50-2)17-19-51-18-14-39(48)45-15-7-6-8-27-20-28-22-31(21-27)40-36(23-28)46-35-25-32(43)11-12-33(35)41(40)44/h3-5,9-12,20,24-26,28,31,42H,6-8,13-19,21-23H2,1-2H3,(H2,44,46)(H,45,48)/t28-,31-,42?/m0/s1. The predicted octanol–water partition coefficient (Wildman–Crippen LogP) is 8.52. The van der Waals surface area contributed by atoms with Crippen molar-refractivity contribution in [1.82, 2.24) is 15.2 Å². The molecule has 1 amide bonds. The van der Waals surface area contributed by atoms with Crippen molar-refractivity contribution >= 4 is 45.9 Å². The van der Waals surface area contributed by atoms with Gasteiger partial charge in [0.25, 0.3) is 0 Å². The lowest BCUT2D eigenvalue weighted by atomic mass is 9.70. The molecular weight excluding hydrogens is 676 g/mol. The third-order valence-corrected chi connectivity index (χ3v) is 12.1. The smallest absolute Gasteiger partial charge is 0.220 e. The van der Waals surface area contributed by atoms with Crippen molar-refractivity contribution in [3.05, 3.63) is 105 Å². The molecule has 1 unspecified atom stereocenters. The highest BCUT2D eigenvalue weighted by atomic mass is 35.5. The van der Waals surface area contributed by atoms with Crippen molar-refractivity contribution in [3.8, 4) is 11.5 Å². The van der Waals surface area contributed by atoms with Gasteiger partial charge in [-0.3, -0.25) is 14.7 Å². The number of rotatable bonds is 14. The van der Waals surface area contributed by atoms with Crippen molar-refractivity contribution in [2.24, 2.45) is 5.92 Å². The number of amides is 1. The van der Waals surface area contributed by atoms with E-state index in [0.29, 0.717) is 23.3 Å². The number of halogens is 1. The van der Waals surface area contributed by atoms with Crippen LogP contribution in [-0.2, 0) is 17.6 Å². The largest absolute Gasteiger partial charge is 0.493 e. The number of carbonyl (C=O) groups excluding carboxylic acids is 1. The van der Waals surface area contributed by atoms with Crippen LogP contribution in [0, 0.1) is 5.92 Å². The number of allylic oxidation sites excluding steroid dienone is 2. The van der Waals surface area contributed by atoms with Gasteiger partial charge in [-0.15, -0.1) is 0 Å². The van der Waals surface area contributed by atoms with Gasteiger partial charge in [0, 0.05) is 64.9 Å². The Balaban J connectivity index is 0.830. The van der Waals surface area contributed by atoms with Gasteiger partial charge in [-0.2, -0.15) is 11.8 Å². The Kier molecular flexibility index (Phi) is 11.4. The zero-order valence-corrected chi connectivity index (χ0v) is 31.3. The molecule has 4 aromatic rings. The number of unbranched alkanes of at least 4 members (excludes halogenated alkanes) is 1. The van der Waals surface area contributed by atoms with E-state index >= 15 is 0 Å². The van der Waals surface area contributed by atoms with E-state index in [1.165, 1.54) is 27.8 Å². The van der Waals surface area contributed by atoms with E-state index in [-0.39, 0.29) is 11.9 Å². The molecule has 9 heteroatoms. The van der Waals surface area contributed by atoms with Gasteiger partial charge in [-0.25, -0.2) is 0 Å². The summed E-state index contributed by atoms with van der Waals surface area (Å²) in [6, 6.07) is 21.0. The first kappa shape index (κ1) is 35.7. The van der Waals surface area contributed by atoms with Gasteiger partial charge in [0.15, 0.2) is 11.5 Å². The third-order valence-electron chi connectivity index (χ3n) is 10.9. The van der Waals surface area contributed by atoms with Crippen molar-refractivity contribution < 1.29 is 14.3 Å². The number of benzene rings is 3. The average molecular weight is 725 g/mol. The van der Waals surface area contributed by atoms with E-state index in [9.17, 15) is 4.79 Å². The monoisotopic (exact) mass is 724 g/mol. The molecule has 51 heavy (non-hydrogen) atoms. The number of carbonyl (C=O) groups is 1. The van der Waals surface area contributed by atoms with Crippen molar-refractivity contribution in [2.75, 3.05) is 51.1 Å². The Labute approximate surface area is 311 Å². The normalized spacial score (nSPS) is 19.6. The van der Waals surface area contributed by atoms with E-state index in [0.717, 1.165) is 110 Å². The first-order valence-corrected chi connectivity index (χ1v) is 19.9. The van der Waals surface area contributed by atoms with Crippen LogP contribution < -0.4 is 20.5 Å². The second-order valence-corrected chi connectivity index (χ2v) is 15.8. The maximum atomic E-state index is 12.7. The lowest BCUT2D eigenvalue weighted by Crippen LogP contribution is -2.37. The molecule has 0 fully saturated rings. The zero-order chi connectivity index (χ0) is 35.3. The molecule has 268 valence electrons. The maximum Gasteiger partial charge on any atom is 0.220 e. The van der Waals surface area contributed by atoms with Gasteiger partial charge in [0.1, 0.15) is 0 Å². The summed E-state index contributed by atoms with van der Waals surface area (Å²) >= 11 is 8.10. The summed E-state index contributed by atoms with van der Waals surface area (Å²) in [6.07, 6.45) is 10.3. The molecule has 0 saturated carbocycles. The molecule has 2 heterocycles. The number of anilines is 1. The van der Waals surface area contributed by atoms with Crippen LogP contribution in [0.2, 0.25) is 5.02 Å². The summed E-state index contributed by atoms with van der Waals surface area (Å²) in [5.41, 5.74) is 16.3. The topological polar surface area (TPSA) is 89.7 Å². The molecule has 2 bridgehead atoms. The summed E-state index contributed by atoms with van der Waals surface area (Å²) in [6.45, 7) is 2.67. The third kappa shape index (κ3) is 8.03. The quantitative estimate of drug-likeness (QED) is 0.0996. The van der Waals surface area contributed by atoms with Gasteiger partial charge in [-0.05, 0) is 104 Å². The maximum absolute atomic E-state index is 12.7. The van der Waals surface area contributed by atoms with E-state index in [2.05, 4.69) is 58.8 Å². The van der Waals surface area contributed by atoms with Crippen LogP contribution in [0.3, 0.4) is 0 Å². The molecule has 2 aliphatic carbocycles. The molecule has 3 atom stereocenters. The number of methoxy groups -OCH3 is 2. The summed E-state index contributed by atoms with van der Waals surface area (Å²) in [4.78, 5) is 20.2. The van der Waals surface area contributed by atoms with Crippen LogP contribution in [0.15, 0.2) is 72.3 Å². The average Bonchev–Trinajstić information content (AvgIpc) is 3.13. The minimum absolute atomic E-state index is 0.150. The van der Waals surface area contributed by atoms with Crippen LogP contribution in [0.4, 0.5) is 5.69 Å². The van der Waals surface area contributed by atoms with Crippen molar-refractivity contribution in [3.63, 3.8) is 0 Å². The number of fused-ring (bicyclic) bond motifs is 6. The zero-order valence-electron chi connectivity index (χ0n) is 29.8. The van der Waals surface area contributed by atoms with Crippen LogP contribution in [-0.4, -0.2) is 61.2 Å². The molecule has 3 aromatic carbocycles. The Morgan fingerprint density at radius 3 is 2.69 bits per heavy atom. The van der Waals surface area contributed by atoms with Gasteiger partial charge >= 0.3 is 0 Å². The minimum atomic E-state index is 0.150. The van der Waals surface area contributed by atoms with Crippen LogP contribution in [0.1, 0.15) is 78.4 Å². The van der Waals surface area contributed by atoms with Crippen LogP contribution in [0.25, 0.3) is 10.9 Å². The lowest BCUT2D eigenvalue weighted by molar-refractivity contribution is -0.120. The molecule has 7 nitrogen and oxygen atoms in total. The number of nitrogens with zero attached hydrogens (tertiary/aromatic N) is 2. The number of nitrogen functional groups attached to an aromatic ring is 1. The number of nitrogens with one attached hydrogen (secondary N) is 1. The van der Waals surface area contributed by atoms with E-state index < -0.39 is 0 Å². The predicted molar refractivity (Wildman–Crippen MR) is 210 cm³/mol. The molecule has 7 rings (SSSR count). The second-order valence-electron chi connectivity index (χ2n) is 14.1. The van der Waals surface area contributed by atoms with Crippen LogP contribution >= 0.6 is 23.4 Å². The number of hydrogen-bond donors (Lipinski definition) is 2. The first-order chi connectivity index (χ1) is 24.9. The summed E-state index contributed by atoms with van der Waals surface area (Å²) in [5, 5.41) is 4.87. The first-order valence-electron chi connectivity index (χ1n) is 18.4. The van der Waals surface area contributed by atoms with Gasteiger partial charge < -0.3 is 20.5 Å². The molecule has 0 saturated heterocycles. The van der Waals surface area contributed by atoms with Crippen molar-refractivity contribution in [2.45, 2.75) is 63.3 Å². The SMILES string of the molecule is COc1cc2c(cc1OC)C(c1ccccc1)N(CCSCCC(=O)NCCCCC1=C[C@@H]3Cc4nc5cc(Cl)ccc5c(N)c4[C@@H](C1)C3)CC2. The highest BCUT2D eigenvalue weighted by Crippen LogP contribution is 2.47. The highest BCUT2D eigenvalue weighted by molar-refractivity contribution is 7.99. The number of hydrogen-bond acceptors (Lipinski definition) is 7. The fourth-order valence-electron chi connectivity index (χ4n) is 8.48. The molecule has 3 aliphatic rings. The fraction of sp³-hybridized carbons (Fsp3) is 0.429. The second kappa shape index (κ2) is 16.3. The Morgan fingerprint density at radius 1 is 1.04 bits per heavy atom.